The molecular formula is C24H19F7N2O. The summed E-state index contributed by atoms with van der Waals surface area (Å²) in [7, 11) is 0. The molecule has 0 bridgehead atoms. The van der Waals surface area contributed by atoms with Crippen molar-refractivity contribution in [1.82, 2.24) is 10.3 Å². The Hall–Kier alpha value is -3.43. The SMILES string of the molecule is CC(CC(=O)NCc1cc(C(F)(F)F)cc(C(F)(F)F)c1)(c1ccncc1)c1ccc(F)cc1. The largest absolute Gasteiger partial charge is 0.416 e. The third-order valence-electron chi connectivity index (χ3n) is 5.45. The van der Waals surface area contributed by atoms with Crippen LogP contribution in [0.25, 0.3) is 0 Å². The predicted octanol–water partition coefficient (Wildman–Crippen LogP) is 6.27. The molecule has 1 N–H and O–H groups in total. The van der Waals surface area contributed by atoms with E-state index in [0.717, 1.165) is 0 Å². The molecule has 0 fully saturated rings. The quantitative estimate of drug-likeness (QED) is 0.419. The van der Waals surface area contributed by atoms with Gasteiger partial charge in [0.15, 0.2) is 0 Å². The Balaban J connectivity index is 1.85. The minimum atomic E-state index is -4.98. The Morgan fingerprint density at radius 1 is 0.794 bits per heavy atom. The second-order valence-corrected chi connectivity index (χ2v) is 7.94. The standard InChI is InChI=1S/C24H19F7N2O/c1-22(17-6-8-32-9-7-17,16-2-4-20(25)5-3-16)13-21(34)33-14-15-10-18(23(26,27)28)12-19(11-15)24(29,30)31/h2-12H,13-14H2,1H3,(H,33,34). The zero-order valence-corrected chi connectivity index (χ0v) is 17.8. The second kappa shape index (κ2) is 9.44. The van der Waals surface area contributed by atoms with Gasteiger partial charge < -0.3 is 5.32 Å². The lowest BCUT2D eigenvalue weighted by molar-refractivity contribution is -0.143. The number of nitrogens with zero attached hydrogens (tertiary/aromatic N) is 1. The van der Waals surface area contributed by atoms with E-state index in [2.05, 4.69) is 10.3 Å². The third kappa shape index (κ3) is 5.92. The van der Waals surface area contributed by atoms with Gasteiger partial charge in [0.25, 0.3) is 0 Å². The van der Waals surface area contributed by atoms with Gasteiger partial charge in [-0.2, -0.15) is 26.3 Å². The van der Waals surface area contributed by atoms with E-state index in [1.807, 2.05) is 0 Å². The molecule has 0 aliphatic carbocycles. The monoisotopic (exact) mass is 484 g/mol. The Morgan fingerprint density at radius 2 is 1.29 bits per heavy atom. The number of carbonyl (C=O) groups is 1. The van der Waals surface area contributed by atoms with Gasteiger partial charge in [-0.05, 0) is 59.2 Å². The molecule has 1 unspecified atom stereocenters. The smallest absolute Gasteiger partial charge is 0.352 e. The first-order valence-corrected chi connectivity index (χ1v) is 10.0. The van der Waals surface area contributed by atoms with Gasteiger partial charge >= 0.3 is 12.4 Å². The molecule has 0 aliphatic rings. The second-order valence-electron chi connectivity index (χ2n) is 7.94. The number of rotatable bonds is 6. The minimum Gasteiger partial charge on any atom is -0.352 e. The Morgan fingerprint density at radius 3 is 1.79 bits per heavy atom. The molecule has 3 nitrogen and oxygen atoms in total. The van der Waals surface area contributed by atoms with Crippen molar-refractivity contribution in [3.63, 3.8) is 0 Å². The minimum absolute atomic E-state index is 0.0281. The molecule has 3 rings (SSSR count). The fourth-order valence-electron chi connectivity index (χ4n) is 3.61. The first kappa shape index (κ1) is 25.2. The predicted molar refractivity (Wildman–Crippen MR) is 110 cm³/mol. The van der Waals surface area contributed by atoms with Crippen LogP contribution in [0.1, 0.15) is 41.2 Å². The van der Waals surface area contributed by atoms with Gasteiger partial charge in [0.05, 0.1) is 11.1 Å². The summed E-state index contributed by atoms with van der Waals surface area (Å²) >= 11 is 0. The highest BCUT2D eigenvalue weighted by Crippen LogP contribution is 2.37. The summed E-state index contributed by atoms with van der Waals surface area (Å²) in [4.78, 5) is 16.7. The molecule has 10 heteroatoms. The summed E-state index contributed by atoms with van der Waals surface area (Å²) < 4.78 is 91.9. The number of aromatic nitrogens is 1. The van der Waals surface area contributed by atoms with Crippen LogP contribution in [0.5, 0.6) is 0 Å². The average Bonchev–Trinajstić information content (AvgIpc) is 2.77. The lowest BCUT2D eigenvalue weighted by Gasteiger charge is -2.30. The lowest BCUT2D eigenvalue weighted by Crippen LogP contribution is -2.33. The normalized spacial score (nSPS) is 13.9. The van der Waals surface area contributed by atoms with Gasteiger partial charge in [-0.15, -0.1) is 0 Å². The molecule has 1 aromatic heterocycles. The fraction of sp³-hybridized carbons (Fsp3) is 0.250. The van der Waals surface area contributed by atoms with Crippen molar-refractivity contribution in [3.8, 4) is 0 Å². The Labute approximate surface area is 190 Å². The third-order valence-corrected chi connectivity index (χ3v) is 5.45. The number of pyridine rings is 1. The maximum atomic E-state index is 13.4. The maximum Gasteiger partial charge on any atom is 0.416 e. The first-order valence-electron chi connectivity index (χ1n) is 10.0. The van der Waals surface area contributed by atoms with Gasteiger partial charge in [0.2, 0.25) is 5.91 Å². The molecule has 1 atom stereocenters. The van der Waals surface area contributed by atoms with Crippen molar-refractivity contribution in [2.75, 3.05) is 0 Å². The number of carbonyl (C=O) groups excluding carboxylic acids is 1. The molecular weight excluding hydrogens is 465 g/mol. The van der Waals surface area contributed by atoms with Crippen LogP contribution >= 0.6 is 0 Å². The van der Waals surface area contributed by atoms with E-state index >= 15 is 0 Å². The van der Waals surface area contributed by atoms with Crippen molar-refractivity contribution in [1.29, 1.82) is 0 Å². The van der Waals surface area contributed by atoms with E-state index in [1.165, 1.54) is 36.7 Å². The van der Waals surface area contributed by atoms with E-state index in [-0.39, 0.29) is 18.1 Å². The van der Waals surface area contributed by atoms with Crippen LogP contribution in [0.2, 0.25) is 0 Å². The lowest BCUT2D eigenvalue weighted by atomic mass is 9.74. The van der Waals surface area contributed by atoms with Gasteiger partial charge in [0.1, 0.15) is 5.82 Å². The molecule has 1 amide bonds. The molecule has 1 heterocycles. The zero-order valence-electron chi connectivity index (χ0n) is 17.8. The van der Waals surface area contributed by atoms with E-state index in [0.29, 0.717) is 23.3 Å². The summed E-state index contributed by atoms with van der Waals surface area (Å²) in [6.45, 7) is 1.18. The molecule has 34 heavy (non-hydrogen) atoms. The van der Waals surface area contributed by atoms with E-state index in [1.54, 1.807) is 19.1 Å². The van der Waals surface area contributed by atoms with Crippen LogP contribution in [-0.2, 0) is 29.1 Å². The highest BCUT2D eigenvalue weighted by molar-refractivity contribution is 5.78. The topological polar surface area (TPSA) is 42.0 Å². The number of hydrogen-bond acceptors (Lipinski definition) is 2. The summed E-state index contributed by atoms with van der Waals surface area (Å²) in [6, 6.07) is 9.96. The molecule has 0 aliphatic heterocycles. The van der Waals surface area contributed by atoms with Crippen molar-refractivity contribution in [3.05, 3.63) is 101 Å². The van der Waals surface area contributed by atoms with E-state index in [4.69, 9.17) is 0 Å². The average molecular weight is 484 g/mol. The number of nitrogens with one attached hydrogen (secondary N) is 1. The van der Waals surface area contributed by atoms with Gasteiger partial charge in [-0.25, -0.2) is 4.39 Å². The molecule has 0 spiro atoms. The molecule has 0 radical (unpaired) electrons. The first-order chi connectivity index (χ1) is 15.8. The van der Waals surface area contributed by atoms with Crippen molar-refractivity contribution in [2.45, 2.75) is 37.7 Å². The number of hydrogen-bond donors (Lipinski definition) is 1. The summed E-state index contributed by atoms with van der Waals surface area (Å²) in [5.74, 6) is -1.09. The van der Waals surface area contributed by atoms with E-state index < -0.39 is 47.2 Å². The van der Waals surface area contributed by atoms with Crippen LogP contribution in [-0.4, -0.2) is 10.9 Å². The Kier molecular flexibility index (Phi) is 6.99. The fourth-order valence-corrected chi connectivity index (χ4v) is 3.61. The summed E-state index contributed by atoms with van der Waals surface area (Å²) in [5, 5.41) is 2.40. The van der Waals surface area contributed by atoms with Crippen molar-refractivity contribution in [2.24, 2.45) is 0 Å². The number of amides is 1. The van der Waals surface area contributed by atoms with Gasteiger partial charge in [-0.1, -0.05) is 19.1 Å². The molecule has 0 saturated heterocycles. The van der Waals surface area contributed by atoms with Gasteiger partial charge in [0, 0.05) is 30.8 Å². The Bertz CT molecular complexity index is 1110. The highest BCUT2D eigenvalue weighted by Gasteiger charge is 2.37. The molecule has 180 valence electrons. The number of halogens is 7. The maximum absolute atomic E-state index is 13.4. The van der Waals surface area contributed by atoms with Crippen molar-refractivity contribution < 1.29 is 35.5 Å². The van der Waals surface area contributed by atoms with Crippen molar-refractivity contribution >= 4 is 5.91 Å². The van der Waals surface area contributed by atoms with Crippen LogP contribution < -0.4 is 5.32 Å². The summed E-state index contributed by atoms with van der Waals surface area (Å²) in [5.41, 5.74) is -2.97. The molecule has 2 aromatic carbocycles. The summed E-state index contributed by atoms with van der Waals surface area (Å²) in [6.07, 6.45) is -7.15. The number of alkyl halides is 6. The number of benzene rings is 2. The van der Waals surface area contributed by atoms with Gasteiger partial charge in [-0.3, -0.25) is 9.78 Å². The van der Waals surface area contributed by atoms with Crippen LogP contribution in [0.4, 0.5) is 30.7 Å². The highest BCUT2D eigenvalue weighted by atomic mass is 19.4. The molecule has 0 saturated carbocycles. The van der Waals surface area contributed by atoms with Crippen LogP contribution in [0.15, 0.2) is 67.0 Å². The zero-order chi connectivity index (χ0) is 25.1. The van der Waals surface area contributed by atoms with E-state index in [9.17, 15) is 35.5 Å². The van der Waals surface area contributed by atoms with Crippen LogP contribution in [0, 0.1) is 5.82 Å². The molecule has 3 aromatic rings. The van der Waals surface area contributed by atoms with Crippen LogP contribution in [0.3, 0.4) is 0 Å².